The molecule has 1 N–H and O–H groups in total. The Bertz CT molecular complexity index is 210. The monoisotopic (exact) mass is 226 g/mol. The van der Waals surface area contributed by atoms with E-state index in [-0.39, 0.29) is 5.91 Å². The summed E-state index contributed by atoms with van der Waals surface area (Å²) in [5.41, 5.74) is 0. The quantitative estimate of drug-likeness (QED) is 0.720. The molecule has 0 aliphatic heterocycles. The number of carbonyl (C=O) groups is 1. The number of hydrogen-bond donors (Lipinski definition) is 1. The van der Waals surface area contributed by atoms with Crippen molar-refractivity contribution in [3.63, 3.8) is 0 Å². The third-order valence-electron chi connectivity index (χ3n) is 3.58. The van der Waals surface area contributed by atoms with Gasteiger partial charge in [0.1, 0.15) is 0 Å². The Hall–Kier alpha value is -0.570. The molecular weight excluding hydrogens is 200 g/mol. The summed E-state index contributed by atoms with van der Waals surface area (Å²) < 4.78 is 0. The number of carbonyl (C=O) groups excluding carboxylic acids is 1. The highest BCUT2D eigenvalue weighted by Crippen LogP contribution is 2.25. The predicted molar refractivity (Wildman–Crippen MR) is 67.4 cm³/mol. The lowest BCUT2D eigenvalue weighted by Gasteiger charge is -2.28. The van der Waals surface area contributed by atoms with Gasteiger partial charge in [-0.05, 0) is 46.1 Å². The van der Waals surface area contributed by atoms with Gasteiger partial charge in [-0.3, -0.25) is 4.79 Å². The van der Waals surface area contributed by atoms with Gasteiger partial charge in [0.05, 0.1) is 0 Å². The molecule has 3 nitrogen and oxygen atoms in total. The van der Waals surface area contributed by atoms with Crippen LogP contribution in [0.4, 0.5) is 0 Å². The fourth-order valence-electron chi connectivity index (χ4n) is 2.10. The van der Waals surface area contributed by atoms with Crippen LogP contribution < -0.4 is 5.32 Å². The summed E-state index contributed by atoms with van der Waals surface area (Å²) in [6, 6.07) is 0.314. The second kappa shape index (κ2) is 6.89. The zero-order chi connectivity index (χ0) is 12.0. The fourth-order valence-corrected chi connectivity index (χ4v) is 2.10. The van der Waals surface area contributed by atoms with E-state index in [9.17, 15) is 4.79 Å². The lowest BCUT2D eigenvalue weighted by molar-refractivity contribution is -0.131. The van der Waals surface area contributed by atoms with Crippen LogP contribution in [-0.2, 0) is 4.79 Å². The molecule has 0 spiro atoms. The molecule has 0 heterocycles. The summed E-state index contributed by atoms with van der Waals surface area (Å²) in [7, 11) is 0. The first kappa shape index (κ1) is 13.5. The first-order chi connectivity index (χ1) is 7.67. The van der Waals surface area contributed by atoms with Gasteiger partial charge in [0.2, 0.25) is 5.91 Å². The van der Waals surface area contributed by atoms with Crippen LogP contribution in [-0.4, -0.2) is 36.5 Å². The van der Waals surface area contributed by atoms with Crippen molar-refractivity contribution in [1.82, 2.24) is 10.2 Å². The van der Waals surface area contributed by atoms with E-state index < -0.39 is 0 Å². The van der Waals surface area contributed by atoms with E-state index in [4.69, 9.17) is 0 Å². The lowest BCUT2D eigenvalue weighted by Crippen LogP contribution is -2.39. The first-order valence-electron chi connectivity index (χ1n) is 6.68. The smallest absolute Gasteiger partial charge is 0.224 e. The Morgan fingerprint density at radius 3 is 2.44 bits per heavy atom. The van der Waals surface area contributed by atoms with Gasteiger partial charge in [-0.25, -0.2) is 0 Å². The van der Waals surface area contributed by atoms with Gasteiger partial charge >= 0.3 is 0 Å². The van der Waals surface area contributed by atoms with Gasteiger partial charge in [0.25, 0.3) is 0 Å². The molecule has 94 valence electrons. The van der Waals surface area contributed by atoms with Gasteiger partial charge < -0.3 is 10.2 Å². The Kier molecular flexibility index (Phi) is 5.81. The van der Waals surface area contributed by atoms with Gasteiger partial charge in [-0.2, -0.15) is 0 Å². The molecule has 0 saturated heterocycles. The van der Waals surface area contributed by atoms with Crippen molar-refractivity contribution in [2.24, 2.45) is 5.92 Å². The third kappa shape index (κ3) is 4.12. The number of rotatable bonds is 7. The van der Waals surface area contributed by atoms with Crippen molar-refractivity contribution in [2.75, 3.05) is 19.6 Å². The van der Waals surface area contributed by atoms with Crippen LogP contribution in [0.2, 0.25) is 0 Å². The molecule has 1 unspecified atom stereocenters. The maximum atomic E-state index is 11.8. The van der Waals surface area contributed by atoms with Crippen LogP contribution in [0.15, 0.2) is 0 Å². The highest BCUT2D eigenvalue weighted by atomic mass is 16.2. The molecule has 1 amide bonds. The Balaban J connectivity index is 2.16. The number of nitrogens with one attached hydrogen (secondary N) is 1. The molecule has 1 rings (SSSR count). The second-order valence-electron chi connectivity index (χ2n) is 4.88. The Morgan fingerprint density at radius 2 is 2.00 bits per heavy atom. The van der Waals surface area contributed by atoms with E-state index in [0.29, 0.717) is 12.5 Å². The molecule has 3 heteroatoms. The highest BCUT2D eigenvalue weighted by molar-refractivity contribution is 5.76. The van der Waals surface area contributed by atoms with E-state index in [1.54, 1.807) is 0 Å². The van der Waals surface area contributed by atoms with Crippen LogP contribution in [0.1, 0.15) is 46.5 Å². The van der Waals surface area contributed by atoms with Crippen molar-refractivity contribution < 1.29 is 4.79 Å². The Labute approximate surface area is 99.6 Å². The van der Waals surface area contributed by atoms with Gasteiger partial charge in [0, 0.05) is 25.6 Å². The van der Waals surface area contributed by atoms with Crippen LogP contribution in [0, 0.1) is 5.92 Å². The molecule has 0 bridgehead atoms. The summed E-state index contributed by atoms with van der Waals surface area (Å²) in [5, 5.41) is 3.47. The summed E-state index contributed by atoms with van der Waals surface area (Å²) in [6.45, 7) is 8.92. The molecule has 1 aliphatic carbocycles. The summed E-state index contributed by atoms with van der Waals surface area (Å²) in [4.78, 5) is 13.7. The molecule has 1 fully saturated rings. The van der Waals surface area contributed by atoms with Gasteiger partial charge in [0.15, 0.2) is 0 Å². The van der Waals surface area contributed by atoms with Crippen molar-refractivity contribution in [3.05, 3.63) is 0 Å². The number of hydrogen-bond acceptors (Lipinski definition) is 2. The summed E-state index contributed by atoms with van der Waals surface area (Å²) in [6.07, 6.45) is 4.75. The normalized spacial score (nSPS) is 17.9. The van der Waals surface area contributed by atoms with Crippen LogP contribution in [0.5, 0.6) is 0 Å². The number of amides is 1. The molecular formula is C13H26N2O. The van der Waals surface area contributed by atoms with Crippen LogP contribution >= 0.6 is 0 Å². The van der Waals surface area contributed by atoms with E-state index in [2.05, 4.69) is 12.2 Å². The van der Waals surface area contributed by atoms with Crippen LogP contribution in [0.3, 0.4) is 0 Å². The fraction of sp³-hybridized carbons (Fsp3) is 0.923. The van der Waals surface area contributed by atoms with Crippen molar-refractivity contribution in [2.45, 2.75) is 52.5 Å². The van der Waals surface area contributed by atoms with E-state index in [1.165, 1.54) is 19.3 Å². The summed E-state index contributed by atoms with van der Waals surface area (Å²) in [5.74, 6) is 1.14. The van der Waals surface area contributed by atoms with Crippen molar-refractivity contribution >= 4 is 5.91 Å². The Morgan fingerprint density at radius 1 is 1.38 bits per heavy atom. The molecule has 1 atom stereocenters. The number of nitrogens with zero attached hydrogens (tertiary/aromatic N) is 1. The average molecular weight is 226 g/mol. The molecule has 0 aromatic rings. The molecule has 16 heavy (non-hydrogen) atoms. The van der Waals surface area contributed by atoms with E-state index in [0.717, 1.165) is 25.6 Å². The maximum absolute atomic E-state index is 11.8. The average Bonchev–Trinajstić information content (AvgIpc) is 2.17. The lowest BCUT2D eigenvalue weighted by atomic mass is 9.85. The maximum Gasteiger partial charge on any atom is 0.224 e. The standard InChI is InChI=1S/C13H26N2O/c1-4-15(5-2)13(16)9-11(3)14-10-12-7-6-8-12/h11-12,14H,4-10H2,1-3H3. The minimum Gasteiger partial charge on any atom is -0.343 e. The van der Waals surface area contributed by atoms with Crippen LogP contribution in [0.25, 0.3) is 0 Å². The summed E-state index contributed by atoms with van der Waals surface area (Å²) >= 11 is 0. The molecule has 0 aromatic heterocycles. The molecule has 0 aromatic carbocycles. The van der Waals surface area contributed by atoms with E-state index in [1.807, 2.05) is 18.7 Å². The third-order valence-corrected chi connectivity index (χ3v) is 3.58. The SMILES string of the molecule is CCN(CC)C(=O)CC(C)NCC1CCC1. The highest BCUT2D eigenvalue weighted by Gasteiger charge is 2.19. The molecule has 1 aliphatic rings. The van der Waals surface area contributed by atoms with Gasteiger partial charge in [-0.1, -0.05) is 6.42 Å². The van der Waals surface area contributed by atoms with Gasteiger partial charge in [-0.15, -0.1) is 0 Å². The first-order valence-corrected chi connectivity index (χ1v) is 6.68. The zero-order valence-corrected chi connectivity index (χ0v) is 11.0. The molecule has 0 radical (unpaired) electrons. The van der Waals surface area contributed by atoms with E-state index >= 15 is 0 Å². The minimum absolute atomic E-state index is 0.276. The second-order valence-corrected chi connectivity index (χ2v) is 4.88. The zero-order valence-electron chi connectivity index (χ0n) is 11.0. The largest absolute Gasteiger partial charge is 0.343 e. The van der Waals surface area contributed by atoms with Crippen molar-refractivity contribution in [1.29, 1.82) is 0 Å². The van der Waals surface area contributed by atoms with Crippen molar-refractivity contribution in [3.8, 4) is 0 Å². The predicted octanol–water partition coefficient (Wildman–Crippen LogP) is 2.02. The topological polar surface area (TPSA) is 32.3 Å². The minimum atomic E-state index is 0.276. The molecule has 1 saturated carbocycles.